The predicted octanol–water partition coefficient (Wildman–Crippen LogP) is 2.62. The van der Waals surface area contributed by atoms with Crippen LogP contribution in [-0.4, -0.2) is 19.0 Å². The van der Waals surface area contributed by atoms with Crippen molar-refractivity contribution in [1.82, 2.24) is 4.90 Å². The summed E-state index contributed by atoms with van der Waals surface area (Å²) in [5.41, 5.74) is 2.32. The van der Waals surface area contributed by atoms with Crippen LogP contribution in [0.4, 0.5) is 5.82 Å². The lowest BCUT2D eigenvalue weighted by molar-refractivity contribution is -0.835. The molecule has 1 aromatic heterocycles. The van der Waals surface area contributed by atoms with Gasteiger partial charge in [0.1, 0.15) is 7.05 Å². The molecule has 0 atom stereocenters. The van der Waals surface area contributed by atoms with Crippen LogP contribution in [0.1, 0.15) is 18.6 Å². The lowest BCUT2D eigenvalue weighted by Gasteiger charge is -2.18. The molecule has 0 spiro atoms. The molecule has 96 valence electrons. The van der Waals surface area contributed by atoms with Crippen LogP contribution < -0.4 is 4.74 Å². The Kier molecular flexibility index (Phi) is 3.60. The van der Waals surface area contributed by atoms with Crippen LogP contribution in [0.25, 0.3) is 0 Å². The highest BCUT2D eigenvalue weighted by atomic mass is 16.5. The van der Waals surface area contributed by atoms with Crippen molar-refractivity contribution in [3.63, 3.8) is 0 Å². The van der Waals surface area contributed by atoms with Gasteiger partial charge in [-0.3, -0.25) is 0 Å². The van der Waals surface area contributed by atoms with Crippen molar-refractivity contribution >= 4 is 5.82 Å². The van der Waals surface area contributed by atoms with Gasteiger partial charge in [-0.2, -0.15) is 0 Å². The average molecular weight is 247 g/mol. The zero-order valence-electron chi connectivity index (χ0n) is 11.3. The van der Waals surface area contributed by atoms with Crippen LogP contribution in [0.3, 0.4) is 0 Å². The highest BCUT2D eigenvalue weighted by molar-refractivity contribution is 5.24. The van der Waals surface area contributed by atoms with Crippen LogP contribution >= 0.6 is 0 Å². The van der Waals surface area contributed by atoms with E-state index in [2.05, 4.69) is 35.3 Å². The number of hydrogen-bond donors (Lipinski definition) is 0. The third kappa shape index (κ3) is 2.85. The molecule has 1 aliphatic rings. The molecule has 5 heteroatoms. The molecule has 0 aliphatic heterocycles. The lowest BCUT2D eigenvalue weighted by atomic mass is 10.1. The SMILES string of the molecule is Cc1cc(N=NC2=CC=C(N(C)C)CC2)[n+](C)o1. The lowest BCUT2D eigenvalue weighted by Crippen LogP contribution is -2.24. The van der Waals surface area contributed by atoms with Crippen molar-refractivity contribution in [2.75, 3.05) is 14.1 Å². The molecule has 2 rings (SSSR count). The molecular formula is C13H19N4O+. The molecule has 0 unspecified atom stereocenters. The maximum Gasteiger partial charge on any atom is 0.387 e. The molecule has 0 bridgehead atoms. The van der Waals surface area contributed by atoms with Crippen molar-refractivity contribution in [2.24, 2.45) is 17.3 Å². The fourth-order valence-corrected chi connectivity index (χ4v) is 1.84. The van der Waals surface area contributed by atoms with Crippen LogP contribution in [0, 0.1) is 6.92 Å². The van der Waals surface area contributed by atoms with Gasteiger partial charge in [-0.15, -0.1) is 0 Å². The van der Waals surface area contributed by atoms with Crippen molar-refractivity contribution in [3.8, 4) is 0 Å². The van der Waals surface area contributed by atoms with Crippen molar-refractivity contribution in [3.05, 3.63) is 35.4 Å². The molecular weight excluding hydrogens is 228 g/mol. The maximum absolute atomic E-state index is 5.33. The first-order valence-electron chi connectivity index (χ1n) is 6.02. The Morgan fingerprint density at radius 1 is 1.22 bits per heavy atom. The van der Waals surface area contributed by atoms with Gasteiger partial charge >= 0.3 is 5.82 Å². The van der Waals surface area contributed by atoms with E-state index in [4.69, 9.17) is 4.52 Å². The topological polar surface area (TPSA) is 45.0 Å². The molecule has 0 amide bonds. The summed E-state index contributed by atoms with van der Waals surface area (Å²) in [5.74, 6) is 1.56. The third-order valence-corrected chi connectivity index (χ3v) is 2.90. The number of allylic oxidation sites excluding steroid dienone is 4. The molecule has 0 saturated carbocycles. The molecule has 0 fully saturated rings. The largest absolute Gasteiger partial charge is 0.387 e. The van der Waals surface area contributed by atoms with E-state index in [0.717, 1.165) is 30.1 Å². The highest BCUT2D eigenvalue weighted by Crippen LogP contribution is 2.21. The van der Waals surface area contributed by atoms with E-state index in [9.17, 15) is 0 Å². The Bertz CT molecular complexity index is 523. The predicted molar refractivity (Wildman–Crippen MR) is 68.2 cm³/mol. The summed E-state index contributed by atoms with van der Waals surface area (Å²) in [6.07, 6.45) is 6.05. The van der Waals surface area contributed by atoms with E-state index in [1.54, 1.807) is 4.74 Å². The first-order valence-corrected chi connectivity index (χ1v) is 6.02. The zero-order chi connectivity index (χ0) is 13.1. The summed E-state index contributed by atoms with van der Waals surface area (Å²) < 4.78 is 6.94. The maximum atomic E-state index is 5.33. The van der Waals surface area contributed by atoms with Gasteiger partial charge in [-0.25, -0.2) is 0 Å². The smallest absolute Gasteiger partial charge is 0.381 e. The minimum Gasteiger partial charge on any atom is -0.381 e. The standard InChI is InChI=1S/C13H19N4O/c1-10-9-13(17(4)18-10)15-14-11-5-7-12(8-6-11)16(2)3/h5,7,9H,6,8H2,1-4H3/q+1. The average Bonchev–Trinajstić information content (AvgIpc) is 2.66. The second kappa shape index (κ2) is 5.16. The van der Waals surface area contributed by atoms with Gasteiger partial charge in [0, 0.05) is 19.8 Å². The van der Waals surface area contributed by atoms with Crippen LogP contribution in [0.2, 0.25) is 0 Å². The number of nitrogens with zero attached hydrogens (tertiary/aromatic N) is 4. The highest BCUT2D eigenvalue weighted by Gasteiger charge is 2.13. The van der Waals surface area contributed by atoms with E-state index in [-0.39, 0.29) is 0 Å². The third-order valence-electron chi connectivity index (χ3n) is 2.90. The number of hydrogen-bond acceptors (Lipinski definition) is 4. The number of aromatic nitrogens is 1. The van der Waals surface area contributed by atoms with E-state index in [1.807, 2.05) is 26.1 Å². The van der Waals surface area contributed by atoms with Gasteiger partial charge in [0.15, 0.2) is 5.76 Å². The fraction of sp³-hybridized carbons (Fsp3) is 0.462. The number of aryl methyl sites for hydroxylation is 2. The molecule has 5 nitrogen and oxygen atoms in total. The van der Waals surface area contributed by atoms with E-state index in [1.165, 1.54) is 5.70 Å². The second-order valence-corrected chi connectivity index (χ2v) is 4.61. The number of azo groups is 1. The van der Waals surface area contributed by atoms with Gasteiger partial charge in [-0.1, -0.05) is 4.74 Å². The van der Waals surface area contributed by atoms with E-state index >= 15 is 0 Å². The molecule has 1 aromatic rings. The quantitative estimate of drug-likeness (QED) is 0.609. The van der Waals surface area contributed by atoms with Gasteiger partial charge in [0.2, 0.25) is 0 Å². The van der Waals surface area contributed by atoms with Gasteiger partial charge < -0.3 is 9.42 Å². The Morgan fingerprint density at radius 3 is 2.50 bits per heavy atom. The summed E-state index contributed by atoms with van der Waals surface area (Å²) in [5, 5.41) is 8.47. The molecule has 0 aromatic carbocycles. The van der Waals surface area contributed by atoms with Crippen LogP contribution in [0.5, 0.6) is 0 Å². The molecule has 0 saturated heterocycles. The first-order chi connectivity index (χ1) is 8.56. The summed E-state index contributed by atoms with van der Waals surface area (Å²) in [7, 11) is 5.93. The Labute approximate surface area is 107 Å². The first kappa shape index (κ1) is 12.5. The Hall–Kier alpha value is -1.91. The summed E-state index contributed by atoms with van der Waals surface area (Å²) in [6, 6.07) is 1.87. The Balaban J connectivity index is 2.09. The van der Waals surface area contributed by atoms with Crippen LogP contribution in [0.15, 0.2) is 44.4 Å². The van der Waals surface area contributed by atoms with Gasteiger partial charge in [0.25, 0.3) is 0 Å². The van der Waals surface area contributed by atoms with E-state index in [0.29, 0.717) is 0 Å². The monoisotopic (exact) mass is 247 g/mol. The molecule has 1 aliphatic carbocycles. The second-order valence-electron chi connectivity index (χ2n) is 4.61. The van der Waals surface area contributed by atoms with Gasteiger partial charge in [0.05, 0.1) is 16.9 Å². The molecule has 1 heterocycles. The van der Waals surface area contributed by atoms with Crippen molar-refractivity contribution in [1.29, 1.82) is 0 Å². The van der Waals surface area contributed by atoms with Crippen molar-refractivity contribution in [2.45, 2.75) is 19.8 Å². The fourth-order valence-electron chi connectivity index (χ4n) is 1.84. The van der Waals surface area contributed by atoms with Crippen LogP contribution in [-0.2, 0) is 7.05 Å². The minimum absolute atomic E-state index is 0.732. The zero-order valence-corrected chi connectivity index (χ0v) is 11.3. The Morgan fingerprint density at radius 2 is 2.00 bits per heavy atom. The summed E-state index contributed by atoms with van der Waals surface area (Å²) in [4.78, 5) is 2.13. The number of rotatable bonds is 3. The minimum atomic E-state index is 0.732. The summed E-state index contributed by atoms with van der Waals surface area (Å²) >= 11 is 0. The van der Waals surface area contributed by atoms with Crippen molar-refractivity contribution < 1.29 is 9.26 Å². The van der Waals surface area contributed by atoms with E-state index < -0.39 is 0 Å². The molecule has 0 radical (unpaired) electrons. The normalized spacial score (nSPS) is 15.8. The molecule has 0 N–H and O–H groups in total. The van der Waals surface area contributed by atoms with Gasteiger partial charge in [-0.05, 0) is 37.0 Å². The summed E-state index contributed by atoms with van der Waals surface area (Å²) in [6.45, 7) is 1.89. The molecule has 18 heavy (non-hydrogen) atoms.